The van der Waals surface area contributed by atoms with Crippen molar-refractivity contribution in [3.05, 3.63) is 35.1 Å². The molecule has 0 atom stereocenters. The van der Waals surface area contributed by atoms with Crippen molar-refractivity contribution in [2.45, 2.75) is 46.1 Å². The van der Waals surface area contributed by atoms with E-state index in [-0.39, 0.29) is 5.82 Å². The molecule has 1 aromatic rings. The molecule has 1 N–H and O–H groups in total. The molecule has 0 saturated carbocycles. The van der Waals surface area contributed by atoms with Crippen LogP contribution in [0.5, 0.6) is 0 Å². The Morgan fingerprint density at radius 1 is 1.19 bits per heavy atom. The van der Waals surface area contributed by atoms with E-state index < -0.39 is 0 Å². The lowest BCUT2D eigenvalue weighted by molar-refractivity contribution is 0.590. The molecule has 0 aliphatic carbocycles. The smallest absolute Gasteiger partial charge is 0.126 e. The minimum Gasteiger partial charge on any atom is -0.313 e. The van der Waals surface area contributed by atoms with E-state index in [9.17, 15) is 4.39 Å². The molecule has 1 nitrogen and oxygen atoms in total. The number of unbranched alkanes of at least 4 members (excludes halogenated alkanes) is 3. The van der Waals surface area contributed by atoms with E-state index in [1.807, 2.05) is 12.1 Å². The van der Waals surface area contributed by atoms with E-state index in [1.54, 1.807) is 13.0 Å². The van der Waals surface area contributed by atoms with Crippen LogP contribution in [0.25, 0.3) is 0 Å². The number of benzene rings is 1. The molecule has 0 unspecified atom stereocenters. The Hall–Kier alpha value is -0.890. The van der Waals surface area contributed by atoms with Crippen LogP contribution in [0.1, 0.15) is 43.7 Å². The number of rotatable bonds is 7. The fraction of sp³-hybridized carbons (Fsp3) is 0.571. The van der Waals surface area contributed by atoms with Crippen LogP contribution in [0.4, 0.5) is 4.39 Å². The second-order valence-electron chi connectivity index (χ2n) is 4.32. The summed E-state index contributed by atoms with van der Waals surface area (Å²) in [5.41, 5.74) is 1.74. The van der Waals surface area contributed by atoms with Crippen LogP contribution in [-0.2, 0) is 6.54 Å². The van der Waals surface area contributed by atoms with E-state index in [4.69, 9.17) is 0 Å². The van der Waals surface area contributed by atoms with Crippen molar-refractivity contribution >= 4 is 0 Å². The quantitative estimate of drug-likeness (QED) is 0.693. The molecule has 1 aromatic carbocycles. The van der Waals surface area contributed by atoms with Crippen molar-refractivity contribution in [1.82, 2.24) is 5.32 Å². The molecular weight excluding hydrogens is 201 g/mol. The normalized spacial score (nSPS) is 10.7. The third kappa shape index (κ3) is 4.75. The molecule has 0 spiro atoms. The van der Waals surface area contributed by atoms with Gasteiger partial charge in [-0.1, -0.05) is 38.3 Å². The van der Waals surface area contributed by atoms with Gasteiger partial charge in [-0.25, -0.2) is 4.39 Å². The Bertz CT molecular complexity index is 310. The summed E-state index contributed by atoms with van der Waals surface area (Å²) in [6.45, 7) is 5.79. The molecule has 1 rings (SSSR count). The van der Waals surface area contributed by atoms with Gasteiger partial charge in [-0.05, 0) is 37.1 Å². The van der Waals surface area contributed by atoms with Crippen molar-refractivity contribution < 1.29 is 4.39 Å². The van der Waals surface area contributed by atoms with Gasteiger partial charge in [0.2, 0.25) is 0 Å². The molecule has 0 radical (unpaired) electrons. The highest BCUT2D eigenvalue weighted by atomic mass is 19.1. The molecule has 0 bridgehead atoms. The van der Waals surface area contributed by atoms with Gasteiger partial charge in [0.25, 0.3) is 0 Å². The van der Waals surface area contributed by atoms with E-state index in [1.165, 1.54) is 25.7 Å². The highest BCUT2D eigenvalue weighted by Crippen LogP contribution is 2.08. The van der Waals surface area contributed by atoms with E-state index >= 15 is 0 Å². The summed E-state index contributed by atoms with van der Waals surface area (Å²) in [7, 11) is 0. The van der Waals surface area contributed by atoms with Crippen LogP contribution >= 0.6 is 0 Å². The number of halogens is 1. The summed E-state index contributed by atoms with van der Waals surface area (Å²) < 4.78 is 13.2. The maximum Gasteiger partial charge on any atom is 0.126 e. The molecule has 16 heavy (non-hydrogen) atoms. The SMILES string of the molecule is CCCCCCNCc1ccc(C)c(F)c1. The van der Waals surface area contributed by atoms with Crippen LogP contribution in [0, 0.1) is 12.7 Å². The Morgan fingerprint density at radius 3 is 2.69 bits per heavy atom. The first-order valence-electron chi connectivity index (χ1n) is 6.19. The predicted octanol–water partition coefficient (Wildman–Crippen LogP) is 3.80. The van der Waals surface area contributed by atoms with Gasteiger partial charge in [-0.3, -0.25) is 0 Å². The third-order valence-corrected chi connectivity index (χ3v) is 2.77. The summed E-state index contributed by atoms with van der Waals surface area (Å²) in [6.07, 6.45) is 5.07. The summed E-state index contributed by atoms with van der Waals surface area (Å²) in [4.78, 5) is 0. The average Bonchev–Trinajstić information content (AvgIpc) is 2.28. The zero-order valence-corrected chi connectivity index (χ0v) is 10.4. The molecular formula is C14H22FN. The Balaban J connectivity index is 2.19. The maximum atomic E-state index is 13.2. The lowest BCUT2D eigenvalue weighted by Crippen LogP contribution is -2.14. The minimum atomic E-state index is -0.106. The second kappa shape index (κ2) is 7.39. The van der Waals surface area contributed by atoms with E-state index in [2.05, 4.69) is 12.2 Å². The van der Waals surface area contributed by atoms with Crippen molar-refractivity contribution in [2.24, 2.45) is 0 Å². The monoisotopic (exact) mass is 223 g/mol. The molecule has 0 saturated heterocycles. The molecule has 0 heterocycles. The zero-order chi connectivity index (χ0) is 11.8. The minimum absolute atomic E-state index is 0.106. The van der Waals surface area contributed by atoms with Gasteiger partial charge in [0.1, 0.15) is 5.82 Å². The maximum absolute atomic E-state index is 13.2. The molecule has 90 valence electrons. The van der Waals surface area contributed by atoms with E-state index in [0.29, 0.717) is 5.56 Å². The van der Waals surface area contributed by atoms with Crippen LogP contribution in [0.2, 0.25) is 0 Å². The predicted molar refractivity (Wildman–Crippen MR) is 67.0 cm³/mol. The molecule has 0 aliphatic heterocycles. The number of nitrogens with one attached hydrogen (secondary N) is 1. The highest BCUT2D eigenvalue weighted by molar-refractivity contribution is 5.23. The molecule has 0 fully saturated rings. The Morgan fingerprint density at radius 2 is 2.00 bits per heavy atom. The van der Waals surface area contributed by atoms with Crippen LogP contribution in [0.15, 0.2) is 18.2 Å². The van der Waals surface area contributed by atoms with Gasteiger partial charge in [0, 0.05) is 6.54 Å². The first-order chi connectivity index (χ1) is 7.74. The van der Waals surface area contributed by atoms with Gasteiger partial charge >= 0.3 is 0 Å². The van der Waals surface area contributed by atoms with Gasteiger partial charge in [-0.2, -0.15) is 0 Å². The van der Waals surface area contributed by atoms with Gasteiger partial charge in [-0.15, -0.1) is 0 Å². The van der Waals surface area contributed by atoms with Crippen molar-refractivity contribution in [2.75, 3.05) is 6.54 Å². The summed E-state index contributed by atoms with van der Waals surface area (Å²) in [5.74, 6) is -0.106. The van der Waals surface area contributed by atoms with E-state index in [0.717, 1.165) is 18.7 Å². The first kappa shape index (κ1) is 13.2. The number of hydrogen-bond acceptors (Lipinski definition) is 1. The van der Waals surface area contributed by atoms with Crippen LogP contribution in [0.3, 0.4) is 0 Å². The number of hydrogen-bond donors (Lipinski definition) is 1. The van der Waals surface area contributed by atoms with Crippen LogP contribution < -0.4 is 5.32 Å². The Labute approximate surface area is 98.1 Å². The fourth-order valence-corrected chi connectivity index (χ4v) is 1.66. The topological polar surface area (TPSA) is 12.0 Å². The standard InChI is InChI=1S/C14H22FN/c1-3-4-5-6-9-16-11-13-8-7-12(2)14(15)10-13/h7-8,10,16H,3-6,9,11H2,1-2H3. The zero-order valence-electron chi connectivity index (χ0n) is 10.4. The molecule has 2 heteroatoms. The Kier molecular flexibility index (Phi) is 6.09. The molecule has 0 amide bonds. The van der Waals surface area contributed by atoms with Gasteiger partial charge in [0.15, 0.2) is 0 Å². The summed E-state index contributed by atoms with van der Waals surface area (Å²) in [6, 6.07) is 5.44. The van der Waals surface area contributed by atoms with Crippen molar-refractivity contribution in [1.29, 1.82) is 0 Å². The number of aryl methyl sites for hydroxylation is 1. The van der Waals surface area contributed by atoms with Crippen molar-refractivity contribution in [3.8, 4) is 0 Å². The highest BCUT2D eigenvalue weighted by Gasteiger charge is 1.98. The van der Waals surface area contributed by atoms with Crippen LogP contribution in [-0.4, -0.2) is 6.54 Å². The summed E-state index contributed by atoms with van der Waals surface area (Å²) in [5, 5.41) is 3.34. The lowest BCUT2D eigenvalue weighted by Gasteiger charge is -2.05. The largest absolute Gasteiger partial charge is 0.313 e. The van der Waals surface area contributed by atoms with Crippen molar-refractivity contribution in [3.63, 3.8) is 0 Å². The lowest BCUT2D eigenvalue weighted by atomic mass is 10.1. The van der Waals surface area contributed by atoms with Gasteiger partial charge < -0.3 is 5.32 Å². The summed E-state index contributed by atoms with van der Waals surface area (Å²) >= 11 is 0. The third-order valence-electron chi connectivity index (χ3n) is 2.77. The second-order valence-corrected chi connectivity index (χ2v) is 4.32. The molecule has 0 aromatic heterocycles. The molecule has 0 aliphatic rings. The van der Waals surface area contributed by atoms with Gasteiger partial charge in [0.05, 0.1) is 0 Å². The average molecular weight is 223 g/mol. The fourth-order valence-electron chi connectivity index (χ4n) is 1.66. The first-order valence-corrected chi connectivity index (χ1v) is 6.19.